The summed E-state index contributed by atoms with van der Waals surface area (Å²) >= 11 is 0. The third-order valence-electron chi connectivity index (χ3n) is 2.93. The highest BCUT2D eigenvalue weighted by molar-refractivity contribution is 5.97. The van der Waals surface area contributed by atoms with Crippen molar-refractivity contribution in [2.45, 2.75) is 13.3 Å². The molecule has 0 fully saturated rings. The van der Waals surface area contributed by atoms with Crippen molar-refractivity contribution in [3.05, 3.63) is 59.7 Å². The zero-order chi connectivity index (χ0) is 16.4. The number of rotatable bonds is 5. The third-order valence-corrected chi connectivity index (χ3v) is 2.93. The molecule has 1 N–H and O–H groups in total. The Labute approximate surface area is 131 Å². The lowest BCUT2D eigenvalue weighted by Crippen LogP contribution is -2.05. The number of aliphatic hydroxyl groups excluding tert-OH is 1. The van der Waals surface area contributed by atoms with Gasteiger partial charge in [0.15, 0.2) is 17.3 Å². The quantitative estimate of drug-likeness (QED) is 0.862. The molecule has 0 aliphatic heterocycles. The van der Waals surface area contributed by atoms with Gasteiger partial charge in [0, 0.05) is 24.2 Å². The van der Waals surface area contributed by atoms with E-state index in [9.17, 15) is 4.79 Å². The second-order valence-corrected chi connectivity index (χ2v) is 4.43. The van der Waals surface area contributed by atoms with Crippen LogP contribution in [0.2, 0.25) is 0 Å². The molecule has 0 spiro atoms. The molecule has 0 aliphatic carbocycles. The second kappa shape index (κ2) is 9.58. The Morgan fingerprint density at radius 2 is 1.64 bits per heavy atom. The molecule has 0 bridgehead atoms. The number of carbonyl (C=O) groups is 1. The molecule has 0 atom stereocenters. The van der Waals surface area contributed by atoms with E-state index in [1.54, 1.807) is 21.1 Å². The molecule has 2 rings (SSSR count). The van der Waals surface area contributed by atoms with Gasteiger partial charge in [-0.15, -0.1) is 0 Å². The Morgan fingerprint density at radius 3 is 2.18 bits per heavy atom. The van der Waals surface area contributed by atoms with Crippen molar-refractivity contribution in [2.24, 2.45) is 0 Å². The summed E-state index contributed by atoms with van der Waals surface area (Å²) in [4.78, 5) is 12.2. The molecular weight excluding hydrogens is 280 g/mol. The highest BCUT2D eigenvalue weighted by Gasteiger charge is 2.13. The molecule has 0 unspecified atom stereocenters. The first-order valence-corrected chi connectivity index (χ1v) is 7.06. The van der Waals surface area contributed by atoms with E-state index in [-0.39, 0.29) is 12.4 Å². The molecule has 22 heavy (non-hydrogen) atoms. The minimum atomic E-state index is 0.0622. The van der Waals surface area contributed by atoms with Gasteiger partial charge in [0.2, 0.25) is 0 Å². The van der Waals surface area contributed by atoms with Crippen LogP contribution in [-0.2, 0) is 6.42 Å². The van der Waals surface area contributed by atoms with Crippen molar-refractivity contribution in [1.82, 2.24) is 0 Å². The van der Waals surface area contributed by atoms with Gasteiger partial charge in [-0.25, -0.2) is 0 Å². The van der Waals surface area contributed by atoms with Crippen molar-refractivity contribution in [1.29, 1.82) is 0 Å². The summed E-state index contributed by atoms with van der Waals surface area (Å²) in [6, 6.07) is 14.8. The maximum atomic E-state index is 12.2. The minimum Gasteiger partial charge on any atom is -0.493 e. The van der Waals surface area contributed by atoms with Crippen LogP contribution in [0.15, 0.2) is 48.5 Å². The molecule has 4 heteroatoms. The lowest BCUT2D eigenvalue weighted by atomic mass is 10.0. The summed E-state index contributed by atoms with van der Waals surface area (Å²) in [6.07, 6.45) is 0.296. The molecule has 0 aliphatic rings. The minimum absolute atomic E-state index is 0.0622. The monoisotopic (exact) mass is 302 g/mol. The van der Waals surface area contributed by atoms with Crippen LogP contribution >= 0.6 is 0 Å². The van der Waals surface area contributed by atoms with Gasteiger partial charge < -0.3 is 14.6 Å². The van der Waals surface area contributed by atoms with Crippen LogP contribution in [-0.4, -0.2) is 31.7 Å². The molecule has 0 heterocycles. The van der Waals surface area contributed by atoms with Gasteiger partial charge in [-0.2, -0.15) is 0 Å². The Morgan fingerprint density at radius 1 is 1.00 bits per heavy atom. The van der Waals surface area contributed by atoms with E-state index in [1.807, 2.05) is 48.5 Å². The summed E-state index contributed by atoms with van der Waals surface area (Å²) in [7, 11) is 3.16. The number of ketones is 1. The first kappa shape index (κ1) is 17.7. The molecule has 0 aromatic heterocycles. The van der Waals surface area contributed by atoms with Gasteiger partial charge in [-0.3, -0.25) is 4.79 Å². The van der Waals surface area contributed by atoms with Crippen molar-refractivity contribution in [2.75, 3.05) is 20.8 Å². The molecule has 0 radical (unpaired) electrons. The van der Waals surface area contributed by atoms with Crippen LogP contribution in [0.4, 0.5) is 0 Å². The fourth-order valence-electron chi connectivity index (χ4n) is 1.99. The highest BCUT2D eigenvalue weighted by Crippen LogP contribution is 2.31. The lowest BCUT2D eigenvalue weighted by molar-refractivity contribution is 0.0992. The van der Waals surface area contributed by atoms with E-state index in [2.05, 4.69) is 0 Å². The van der Waals surface area contributed by atoms with Crippen LogP contribution in [0.3, 0.4) is 0 Å². The maximum Gasteiger partial charge on any atom is 0.167 e. The number of hydrogen-bond acceptors (Lipinski definition) is 4. The molecule has 0 amide bonds. The Bertz CT molecular complexity index is 579. The van der Waals surface area contributed by atoms with Crippen molar-refractivity contribution < 1.29 is 19.4 Å². The van der Waals surface area contributed by atoms with E-state index in [0.29, 0.717) is 23.5 Å². The summed E-state index contributed by atoms with van der Waals surface area (Å²) in [5.41, 5.74) is 1.53. The van der Waals surface area contributed by atoms with Crippen LogP contribution < -0.4 is 9.47 Å². The molecule has 118 valence electrons. The third kappa shape index (κ3) is 4.90. The smallest absolute Gasteiger partial charge is 0.167 e. The van der Waals surface area contributed by atoms with Gasteiger partial charge in [0.1, 0.15) is 0 Å². The van der Waals surface area contributed by atoms with Gasteiger partial charge in [0.25, 0.3) is 0 Å². The topological polar surface area (TPSA) is 55.8 Å². The van der Waals surface area contributed by atoms with Gasteiger partial charge in [-0.1, -0.05) is 42.5 Å². The summed E-state index contributed by atoms with van der Waals surface area (Å²) in [5, 5.41) is 7.57. The van der Waals surface area contributed by atoms with Gasteiger partial charge in [0.05, 0.1) is 14.2 Å². The van der Waals surface area contributed by atoms with Gasteiger partial charge >= 0.3 is 0 Å². The number of para-hydroxylation sites is 1. The maximum absolute atomic E-state index is 12.2. The van der Waals surface area contributed by atoms with Crippen LogP contribution in [0.25, 0.3) is 0 Å². The SMILES string of the molecule is CCO.COc1cccc(CC(=O)c2ccccc2)c1OC. The molecule has 0 saturated carbocycles. The van der Waals surface area contributed by atoms with Crippen molar-refractivity contribution >= 4 is 5.78 Å². The molecule has 2 aromatic carbocycles. The van der Waals surface area contributed by atoms with E-state index < -0.39 is 0 Å². The lowest BCUT2D eigenvalue weighted by Gasteiger charge is -2.12. The standard InChI is InChI=1S/C16H16O3.C2H6O/c1-18-15-10-6-9-13(16(15)19-2)11-14(17)12-7-4-3-5-8-12;1-2-3/h3-10H,11H2,1-2H3;3H,2H2,1H3. The number of Topliss-reactive ketones (excluding diaryl/α,β-unsaturated/α-hetero) is 1. The predicted octanol–water partition coefficient (Wildman–Crippen LogP) is 3.13. The van der Waals surface area contributed by atoms with Crippen molar-refractivity contribution in [3.63, 3.8) is 0 Å². The summed E-state index contributed by atoms with van der Waals surface area (Å²) < 4.78 is 10.6. The number of carbonyl (C=O) groups excluding carboxylic acids is 1. The number of aliphatic hydroxyl groups is 1. The first-order chi connectivity index (χ1) is 10.7. The predicted molar refractivity (Wildman–Crippen MR) is 86.8 cm³/mol. The average Bonchev–Trinajstić information content (AvgIpc) is 2.56. The Kier molecular flexibility index (Phi) is 7.72. The van der Waals surface area contributed by atoms with E-state index in [1.165, 1.54) is 0 Å². The van der Waals surface area contributed by atoms with E-state index >= 15 is 0 Å². The molecule has 0 saturated heterocycles. The second-order valence-electron chi connectivity index (χ2n) is 4.43. The molecular formula is C18H22O4. The van der Waals surface area contributed by atoms with Gasteiger partial charge in [-0.05, 0) is 13.0 Å². The summed E-state index contributed by atoms with van der Waals surface area (Å²) in [6.45, 7) is 1.93. The number of benzene rings is 2. The fourth-order valence-corrected chi connectivity index (χ4v) is 1.99. The largest absolute Gasteiger partial charge is 0.493 e. The Balaban J connectivity index is 0.000000745. The number of ether oxygens (including phenoxy) is 2. The molecule has 4 nitrogen and oxygen atoms in total. The zero-order valence-corrected chi connectivity index (χ0v) is 13.2. The van der Waals surface area contributed by atoms with Crippen LogP contribution in [0.1, 0.15) is 22.8 Å². The normalized spacial score (nSPS) is 9.45. The molecule has 2 aromatic rings. The van der Waals surface area contributed by atoms with Crippen LogP contribution in [0.5, 0.6) is 11.5 Å². The highest BCUT2D eigenvalue weighted by atomic mass is 16.5. The number of hydrogen-bond donors (Lipinski definition) is 1. The first-order valence-electron chi connectivity index (χ1n) is 7.06. The van der Waals surface area contributed by atoms with Crippen molar-refractivity contribution in [3.8, 4) is 11.5 Å². The van der Waals surface area contributed by atoms with Crippen LogP contribution in [0, 0.1) is 0 Å². The van der Waals surface area contributed by atoms with E-state index in [4.69, 9.17) is 14.6 Å². The number of methoxy groups -OCH3 is 2. The fraction of sp³-hybridized carbons (Fsp3) is 0.278. The van der Waals surface area contributed by atoms with E-state index in [0.717, 1.165) is 5.56 Å². The zero-order valence-electron chi connectivity index (χ0n) is 13.2. The Hall–Kier alpha value is -2.33. The average molecular weight is 302 g/mol. The summed E-state index contributed by atoms with van der Waals surface area (Å²) in [5.74, 6) is 1.32.